The molecule has 7 heteroatoms. The second-order valence-electron chi connectivity index (χ2n) is 3.90. The number of nitrogens with one attached hydrogen (secondary N) is 1. The van der Waals surface area contributed by atoms with Crippen LogP contribution in [0.25, 0.3) is 0 Å². The number of hydrogen-bond acceptors (Lipinski definition) is 4. The van der Waals surface area contributed by atoms with Crippen molar-refractivity contribution in [2.75, 3.05) is 5.32 Å². The summed E-state index contributed by atoms with van der Waals surface area (Å²) in [7, 11) is 0. The van der Waals surface area contributed by atoms with Crippen LogP contribution in [0.2, 0.25) is 9.36 Å². The molecule has 0 spiro atoms. The van der Waals surface area contributed by atoms with Gasteiger partial charge in [0.15, 0.2) is 0 Å². The first-order valence-corrected chi connectivity index (χ1v) is 7.01. The van der Waals surface area contributed by atoms with E-state index in [1.165, 1.54) is 17.4 Å². The Bertz CT molecular complexity index is 616. The molecule has 2 rings (SSSR count). The predicted molar refractivity (Wildman–Crippen MR) is 79.5 cm³/mol. The summed E-state index contributed by atoms with van der Waals surface area (Å²) in [6.07, 6.45) is 0. The van der Waals surface area contributed by atoms with Gasteiger partial charge in [0.1, 0.15) is 10.7 Å². The van der Waals surface area contributed by atoms with E-state index in [-0.39, 0.29) is 16.8 Å². The van der Waals surface area contributed by atoms with Crippen LogP contribution in [-0.2, 0) is 0 Å². The third-order valence-electron chi connectivity index (χ3n) is 2.56. The Morgan fingerprint density at radius 1 is 1.32 bits per heavy atom. The first-order valence-electron chi connectivity index (χ1n) is 5.43. The largest absolute Gasteiger partial charge is 0.372 e. The summed E-state index contributed by atoms with van der Waals surface area (Å²) in [5.74, 6) is 0. The third-order valence-corrected chi connectivity index (χ3v) is 4.28. The van der Waals surface area contributed by atoms with Gasteiger partial charge in [0.05, 0.1) is 15.3 Å². The highest BCUT2D eigenvalue weighted by molar-refractivity contribution is 7.16. The highest BCUT2D eigenvalue weighted by Crippen LogP contribution is 2.35. The van der Waals surface area contributed by atoms with Gasteiger partial charge in [-0.3, -0.25) is 10.1 Å². The summed E-state index contributed by atoms with van der Waals surface area (Å²) >= 11 is 13.2. The molecule has 0 bridgehead atoms. The number of para-hydroxylation sites is 1. The molecule has 1 aromatic heterocycles. The summed E-state index contributed by atoms with van der Waals surface area (Å²) in [5, 5.41) is 14.2. The van der Waals surface area contributed by atoms with E-state index < -0.39 is 4.92 Å². The zero-order valence-electron chi connectivity index (χ0n) is 9.89. The van der Waals surface area contributed by atoms with E-state index >= 15 is 0 Å². The number of nitro groups is 1. The minimum atomic E-state index is -0.487. The van der Waals surface area contributed by atoms with Crippen LogP contribution in [0.3, 0.4) is 0 Å². The second kappa shape index (κ2) is 5.77. The molecule has 19 heavy (non-hydrogen) atoms. The van der Waals surface area contributed by atoms with Crippen molar-refractivity contribution in [2.45, 2.75) is 13.0 Å². The molecule has 1 N–H and O–H groups in total. The number of anilines is 1. The monoisotopic (exact) mass is 316 g/mol. The Morgan fingerprint density at radius 2 is 2.05 bits per heavy atom. The van der Waals surface area contributed by atoms with Crippen molar-refractivity contribution in [1.29, 1.82) is 0 Å². The number of nitrogens with zero attached hydrogens (tertiary/aromatic N) is 1. The fourth-order valence-corrected chi connectivity index (χ4v) is 2.99. The molecule has 1 unspecified atom stereocenters. The van der Waals surface area contributed by atoms with Crippen LogP contribution in [0.5, 0.6) is 0 Å². The molecule has 0 aliphatic rings. The lowest BCUT2D eigenvalue weighted by Crippen LogP contribution is -2.07. The van der Waals surface area contributed by atoms with Gasteiger partial charge in [0.2, 0.25) is 0 Å². The summed E-state index contributed by atoms with van der Waals surface area (Å²) in [4.78, 5) is 11.5. The lowest BCUT2D eigenvalue weighted by molar-refractivity contribution is -0.383. The number of benzene rings is 1. The summed E-state index contributed by atoms with van der Waals surface area (Å²) < 4.78 is 0.684. The molecular formula is C12H10Cl2N2O2S. The summed E-state index contributed by atoms with van der Waals surface area (Å²) in [6, 6.07) is 8.40. The number of hydrogen-bond donors (Lipinski definition) is 1. The molecule has 2 aromatic rings. The van der Waals surface area contributed by atoms with Gasteiger partial charge in [-0.1, -0.05) is 29.3 Å². The lowest BCUT2D eigenvalue weighted by Gasteiger charge is -2.14. The maximum atomic E-state index is 11.0. The van der Waals surface area contributed by atoms with Crippen molar-refractivity contribution < 1.29 is 4.92 Å². The Hall–Kier alpha value is -1.30. The zero-order valence-corrected chi connectivity index (χ0v) is 12.2. The fraction of sp³-hybridized carbons (Fsp3) is 0.167. The van der Waals surface area contributed by atoms with Crippen molar-refractivity contribution in [1.82, 2.24) is 0 Å². The highest BCUT2D eigenvalue weighted by Gasteiger charge is 2.20. The molecule has 0 aliphatic heterocycles. The van der Waals surface area contributed by atoms with E-state index in [0.717, 1.165) is 4.88 Å². The van der Waals surface area contributed by atoms with Crippen LogP contribution < -0.4 is 5.32 Å². The molecule has 0 saturated heterocycles. The zero-order chi connectivity index (χ0) is 14.0. The van der Waals surface area contributed by atoms with Crippen molar-refractivity contribution in [3.63, 3.8) is 0 Å². The Kier molecular flexibility index (Phi) is 4.29. The van der Waals surface area contributed by atoms with Crippen LogP contribution in [0.1, 0.15) is 17.8 Å². The first kappa shape index (κ1) is 14.1. The molecule has 0 fully saturated rings. The van der Waals surface area contributed by atoms with E-state index in [9.17, 15) is 10.1 Å². The van der Waals surface area contributed by atoms with E-state index in [0.29, 0.717) is 10.0 Å². The minimum absolute atomic E-state index is 0.0883. The van der Waals surface area contributed by atoms with Gasteiger partial charge in [-0.05, 0) is 31.2 Å². The van der Waals surface area contributed by atoms with Crippen LogP contribution in [-0.4, -0.2) is 4.92 Å². The van der Waals surface area contributed by atoms with Gasteiger partial charge in [0.25, 0.3) is 0 Å². The Balaban J connectivity index is 2.28. The maximum Gasteiger partial charge on any atom is 0.310 e. The quantitative estimate of drug-likeness (QED) is 0.628. The van der Waals surface area contributed by atoms with Gasteiger partial charge >= 0.3 is 5.69 Å². The van der Waals surface area contributed by atoms with Crippen LogP contribution in [0.15, 0.2) is 30.3 Å². The predicted octanol–water partition coefficient (Wildman–Crippen LogP) is 5.14. The van der Waals surface area contributed by atoms with E-state index in [4.69, 9.17) is 23.2 Å². The Labute approximate surface area is 124 Å². The number of rotatable bonds is 4. The van der Waals surface area contributed by atoms with Crippen LogP contribution in [0.4, 0.5) is 11.4 Å². The van der Waals surface area contributed by atoms with E-state index in [2.05, 4.69) is 5.32 Å². The standard InChI is InChI=1S/C12H10Cl2N2O2S/c1-7(10-5-6-11(14)19-10)15-9-4-2-3-8(13)12(9)16(17)18/h2-7,15H,1H3. The van der Waals surface area contributed by atoms with Gasteiger partial charge in [-0.15, -0.1) is 11.3 Å². The van der Waals surface area contributed by atoms with Crippen LogP contribution >= 0.6 is 34.5 Å². The summed E-state index contributed by atoms with van der Waals surface area (Å²) in [5.41, 5.74) is 0.285. The highest BCUT2D eigenvalue weighted by atomic mass is 35.5. The van der Waals surface area contributed by atoms with Crippen molar-refractivity contribution >= 4 is 45.9 Å². The lowest BCUT2D eigenvalue weighted by atomic mass is 10.2. The average molecular weight is 317 g/mol. The average Bonchev–Trinajstić information content (AvgIpc) is 2.75. The SMILES string of the molecule is CC(Nc1cccc(Cl)c1[N+](=O)[O-])c1ccc(Cl)s1. The molecule has 1 heterocycles. The van der Waals surface area contributed by atoms with Crippen molar-refractivity contribution in [3.8, 4) is 0 Å². The van der Waals surface area contributed by atoms with E-state index in [1.54, 1.807) is 18.2 Å². The molecule has 0 amide bonds. The van der Waals surface area contributed by atoms with Gasteiger partial charge in [0, 0.05) is 4.88 Å². The minimum Gasteiger partial charge on any atom is -0.372 e. The molecule has 0 saturated carbocycles. The number of halogens is 2. The maximum absolute atomic E-state index is 11.0. The molecular weight excluding hydrogens is 307 g/mol. The van der Waals surface area contributed by atoms with Gasteiger partial charge in [-0.2, -0.15) is 0 Å². The first-order chi connectivity index (χ1) is 8.99. The third kappa shape index (κ3) is 3.18. The second-order valence-corrected chi connectivity index (χ2v) is 6.05. The van der Waals surface area contributed by atoms with Crippen molar-refractivity contribution in [3.05, 3.63) is 54.7 Å². The number of nitro benzene ring substituents is 1. The fourth-order valence-electron chi connectivity index (χ4n) is 1.68. The van der Waals surface area contributed by atoms with Crippen LogP contribution in [0, 0.1) is 10.1 Å². The molecule has 1 atom stereocenters. The molecule has 0 radical (unpaired) electrons. The molecule has 100 valence electrons. The van der Waals surface area contributed by atoms with Crippen molar-refractivity contribution in [2.24, 2.45) is 0 Å². The number of thiophene rings is 1. The molecule has 1 aromatic carbocycles. The normalized spacial score (nSPS) is 12.2. The van der Waals surface area contributed by atoms with Gasteiger partial charge in [-0.25, -0.2) is 0 Å². The molecule has 4 nitrogen and oxygen atoms in total. The Morgan fingerprint density at radius 3 is 2.63 bits per heavy atom. The smallest absolute Gasteiger partial charge is 0.310 e. The summed E-state index contributed by atoms with van der Waals surface area (Å²) in [6.45, 7) is 1.91. The molecule has 0 aliphatic carbocycles. The van der Waals surface area contributed by atoms with E-state index in [1.807, 2.05) is 13.0 Å². The topological polar surface area (TPSA) is 55.2 Å². The van der Waals surface area contributed by atoms with Gasteiger partial charge < -0.3 is 5.32 Å².